The predicted molar refractivity (Wildman–Crippen MR) is 115 cm³/mol. The number of carbonyl (C=O) groups is 1. The summed E-state index contributed by atoms with van der Waals surface area (Å²) in [5, 5.41) is 3.50. The van der Waals surface area contributed by atoms with E-state index in [1.165, 1.54) is 0 Å². The molecule has 0 aromatic carbocycles. The van der Waals surface area contributed by atoms with Crippen molar-refractivity contribution in [2.45, 2.75) is 25.7 Å². The second-order valence-corrected chi connectivity index (χ2v) is 7.72. The number of rotatable bonds is 7. The van der Waals surface area contributed by atoms with Gasteiger partial charge in [-0.2, -0.15) is 0 Å². The zero-order chi connectivity index (χ0) is 20.5. The largest absolute Gasteiger partial charge is 0.369 e. The van der Waals surface area contributed by atoms with Crippen LogP contribution in [0.2, 0.25) is 0 Å². The molecule has 1 amide bonds. The van der Waals surface area contributed by atoms with Gasteiger partial charge in [-0.05, 0) is 51.4 Å². The van der Waals surface area contributed by atoms with Gasteiger partial charge in [0.15, 0.2) is 5.96 Å². The third kappa shape index (κ3) is 6.28. The lowest BCUT2D eigenvalue weighted by molar-refractivity contribution is -0.123. The van der Waals surface area contributed by atoms with E-state index in [1.54, 1.807) is 12.4 Å². The van der Waals surface area contributed by atoms with E-state index in [9.17, 15) is 4.79 Å². The molecule has 2 aliphatic heterocycles. The molecule has 3 N–H and O–H groups in total. The van der Waals surface area contributed by atoms with Crippen molar-refractivity contribution in [2.24, 2.45) is 16.6 Å². The number of guanidine groups is 1. The number of aromatic nitrogens is 2. The number of anilines is 1. The van der Waals surface area contributed by atoms with Gasteiger partial charge in [0.25, 0.3) is 0 Å². The van der Waals surface area contributed by atoms with Crippen molar-refractivity contribution in [3.8, 4) is 0 Å². The van der Waals surface area contributed by atoms with Crippen LogP contribution < -0.4 is 16.0 Å². The van der Waals surface area contributed by atoms with Gasteiger partial charge in [-0.1, -0.05) is 0 Å². The zero-order valence-electron chi connectivity index (χ0n) is 17.5. The number of likely N-dealkylation sites (tertiary alicyclic amines) is 1. The number of hydrogen-bond donors (Lipinski definition) is 2. The van der Waals surface area contributed by atoms with Crippen LogP contribution in [0.3, 0.4) is 0 Å². The minimum Gasteiger partial charge on any atom is -0.369 e. The van der Waals surface area contributed by atoms with Gasteiger partial charge >= 0.3 is 0 Å². The molecule has 2 saturated heterocycles. The van der Waals surface area contributed by atoms with Crippen molar-refractivity contribution in [3.05, 3.63) is 18.5 Å². The van der Waals surface area contributed by atoms with Crippen LogP contribution >= 0.6 is 0 Å². The molecule has 0 spiro atoms. The molecule has 1 aromatic heterocycles. The molecule has 3 heterocycles. The standard InChI is InChI=1S/C20H34N8O/c1-22-19(27-13-15-28(16-14-27)20-24-8-4-9-25-20)23-7-2-3-10-26-11-5-17(6-12-26)18(21)29/h4,8-9,17H,2-3,5-7,10-16H2,1H3,(H2,21,29)(H,22,23). The number of carbonyl (C=O) groups excluding carboxylic acids is 1. The predicted octanol–water partition coefficient (Wildman–Crippen LogP) is 0.152. The third-order valence-electron chi connectivity index (χ3n) is 5.80. The van der Waals surface area contributed by atoms with E-state index >= 15 is 0 Å². The summed E-state index contributed by atoms with van der Waals surface area (Å²) in [6.45, 7) is 7.58. The molecule has 0 atom stereocenters. The Balaban J connectivity index is 1.30. The molecule has 160 valence electrons. The Morgan fingerprint density at radius 2 is 1.83 bits per heavy atom. The topological polar surface area (TPSA) is 103 Å². The Labute approximate surface area is 173 Å². The molecular weight excluding hydrogens is 368 g/mol. The van der Waals surface area contributed by atoms with Gasteiger partial charge in [-0.25, -0.2) is 9.97 Å². The highest BCUT2D eigenvalue weighted by Gasteiger charge is 2.23. The van der Waals surface area contributed by atoms with E-state index in [2.05, 4.69) is 35.0 Å². The number of primary amides is 1. The van der Waals surface area contributed by atoms with Crippen LogP contribution in [0.15, 0.2) is 23.5 Å². The minimum atomic E-state index is -0.141. The molecule has 0 radical (unpaired) electrons. The number of unbranched alkanes of at least 4 members (excludes halogenated alkanes) is 1. The van der Waals surface area contributed by atoms with Crippen LogP contribution in [0, 0.1) is 5.92 Å². The Morgan fingerprint density at radius 3 is 2.45 bits per heavy atom. The molecule has 2 fully saturated rings. The summed E-state index contributed by atoms with van der Waals surface area (Å²) in [7, 11) is 1.85. The summed E-state index contributed by atoms with van der Waals surface area (Å²) in [5.74, 6) is 1.71. The molecule has 29 heavy (non-hydrogen) atoms. The van der Waals surface area contributed by atoms with Crippen LogP contribution in [-0.4, -0.2) is 91.0 Å². The smallest absolute Gasteiger partial charge is 0.225 e. The minimum absolute atomic E-state index is 0.0742. The van der Waals surface area contributed by atoms with Crippen molar-refractivity contribution in [2.75, 3.05) is 64.3 Å². The van der Waals surface area contributed by atoms with Crippen LogP contribution in [-0.2, 0) is 4.79 Å². The molecule has 3 rings (SSSR count). The summed E-state index contributed by atoms with van der Waals surface area (Å²) >= 11 is 0. The molecule has 2 aliphatic rings. The third-order valence-corrected chi connectivity index (χ3v) is 5.80. The number of piperidine rings is 1. The summed E-state index contributed by atoms with van der Waals surface area (Å²) in [6.07, 6.45) is 7.63. The Hall–Kier alpha value is -2.42. The van der Waals surface area contributed by atoms with Crippen LogP contribution in [0.5, 0.6) is 0 Å². The number of hydrogen-bond acceptors (Lipinski definition) is 6. The first-order valence-corrected chi connectivity index (χ1v) is 10.7. The lowest BCUT2D eigenvalue weighted by Crippen LogP contribution is -2.53. The van der Waals surface area contributed by atoms with Gasteiger partial charge in [-0.15, -0.1) is 0 Å². The van der Waals surface area contributed by atoms with Crippen molar-refractivity contribution in [1.82, 2.24) is 25.1 Å². The summed E-state index contributed by atoms with van der Waals surface area (Å²) in [4.78, 5) is 31.3. The average molecular weight is 403 g/mol. The van der Waals surface area contributed by atoms with Crippen molar-refractivity contribution < 1.29 is 4.79 Å². The van der Waals surface area contributed by atoms with Crippen molar-refractivity contribution in [3.63, 3.8) is 0 Å². The van der Waals surface area contributed by atoms with Gasteiger partial charge < -0.3 is 25.8 Å². The molecule has 1 aromatic rings. The number of aliphatic imine (C=N–C) groups is 1. The summed E-state index contributed by atoms with van der Waals surface area (Å²) in [5.41, 5.74) is 5.40. The number of nitrogens with one attached hydrogen (secondary N) is 1. The molecular formula is C20H34N8O. The summed E-state index contributed by atoms with van der Waals surface area (Å²) < 4.78 is 0. The van der Waals surface area contributed by atoms with Gasteiger partial charge in [0.1, 0.15) is 0 Å². The second kappa shape index (κ2) is 10.9. The first-order chi connectivity index (χ1) is 14.2. The first kappa shape index (κ1) is 21.3. The quantitative estimate of drug-likeness (QED) is 0.380. The van der Waals surface area contributed by atoms with Gasteiger partial charge in [-0.3, -0.25) is 9.79 Å². The lowest BCUT2D eigenvalue weighted by atomic mass is 9.96. The fourth-order valence-corrected chi connectivity index (χ4v) is 4.01. The highest BCUT2D eigenvalue weighted by atomic mass is 16.1. The van der Waals surface area contributed by atoms with Gasteiger partial charge in [0.05, 0.1) is 0 Å². The Morgan fingerprint density at radius 1 is 1.14 bits per heavy atom. The maximum atomic E-state index is 11.2. The van der Waals surface area contributed by atoms with E-state index in [1.807, 2.05) is 13.1 Å². The molecule has 9 nitrogen and oxygen atoms in total. The van der Waals surface area contributed by atoms with Crippen LogP contribution in [0.4, 0.5) is 5.95 Å². The normalized spacial score (nSPS) is 19.4. The Bertz CT molecular complexity index is 652. The van der Waals surface area contributed by atoms with Crippen LogP contribution in [0.25, 0.3) is 0 Å². The highest BCUT2D eigenvalue weighted by Crippen LogP contribution is 2.16. The number of piperazine rings is 1. The first-order valence-electron chi connectivity index (χ1n) is 10.7. The second-order valence-electron chi connectivity index (χ2n) is 7.72. The summed E-state index contributed by atoms with van der Waals surface area (Å²) in [6, 6.07) is 1.84. The monoisotopic (exact) mass is 402 g/mol. The van der Waals surface area contributed by atoms with E-state index < -0.39 is 0 Å². The highest BCUT2D eigenvalue weighted by molar-refractivity contribution is 5.80. The molecule has 9 heteroatoms. The fraction of sp³-hybridized carbons (Fsp3) is 0.700. The average Bonchev–Trinajstić information content (AvgIpc) is 2.77. The maximum Gasteiger partial charge on any atom is 0.225 e. The maximum absolute atomic E-state index is 11.2. The number of nitrogens with two attached hydrogens (primary N) is 1. The molecule has 0 bridgehead atoms. The van der Waals surface area contributed by atoms with E-state index in [4.69, 9.17) is 5.73 Å². The number of nitrogens with zero attached hydrogens (tertiary/aromatic N) is 6. The van der Waals surface area contributed by atoms with E-state index in [-0.39, 0.29) is 11.8 Å². The van der Waals surface area contributed by atoms with Crippen molar-refractivity contribution in [1.29, 1.82) is 0 Å². The van der Waals surface area contributed by atoms with E-state index in [0.717, 1.165) is 89.9 Å². The number of amides is 1. The SMILES string of the molecule is CN=C(NCCCCN1CCC(C(N)=O)CC1)N1CCN(c2ncccn2)CC1. The lowest BCUT2D eigenvalue weighted by Gasteiger charge is -2.36. The van der Waals surface area contributed by atoms with Crippen LogP contribution in [0.1, 0.15) is 25.7 Å². The molecule has 0 saturated carbocycles. The van der Waals surface area contributed by atoms with Gasteiger partial charge in [0.2, 0.25) is 11.9 Å². The van der Waals surface area contributed by atoms with E-state index in [0.29, 0.717) is 0 Å². The molecule has 0 unspecified atom stereocenters. The fourth-order valence-electron chi connectivity index (χ4n) is 4.01. The van der Waals surface area contributed by atoms with Gasteiger partial charge in [0, 0.05) is 58.1 Å². The van der Waals surface area contributed by atoms with Crippen molar-refractivity contribution >= 4 is 17.8 Å². The Kier molecular flexibility index (Phi) is 8.03. The zero-order valence-corrected chi connectivity index (χ0v) is 17.5. The molecule has 0 aliphatic carbocycles.